The number of allylic oxidation sites excluding steroid dienone is 2. The molecule has 2 aromatic heterocycles. The molecule has 6 aliphatic rings. The summed E-state index contributed by atoms with van der Waals surface area (Å²) in [7, 11) is 0. The first-order valence-electron chi connectivity index (χ1n) is 23.4. The van der Waals surface area contributed by atoms with E-state index in [0.717, 1.165) is 49.9 Å². The largest absolute Gasteiger partial charge is 0.396 e. The van der Waals surface area contributed by atoms with Crippen LogP contribution in [0.15, 0.2) is 107 Å². The van der Waals surface area contributed by atoms with Crippen LogP contribution in [-0.2, 0) is 35.8 Å². The van der Waals surface area contributed by atoms with Crippen molar-refractivity contribution in [1.29, 1.82) is 0 Å². The van der Waals surface area contributed by atoms with E-state index in [-0.39, 0.29) is 96.1 Å². The first-order chi connectivity index (χ1) is 31.2. The lowest BCUT2D eigenvalue weighted by molar-refractivity contribution is -0.129. The Bertz CT molecular complexity index is 2320. The number of fused-ring (bicyclic) bond motifs is 8. The third-order valence-corrected chi connectivity index (χ3v) is 15.0. The molecule has 4 bridgehead atoms. The predicted molar refractivity (Wildman–Crippen MR) is 248 cm³/mol. The zero-order valence-corrected chi connectivity index (χ0v) is 37.0. The van der Waals surface area contributed by atoms with Crippen molar-refractivity contribution in [2.75, 3.05) is 13.2 Å². The van der Waals surface area contributed by atoms with Gasteiger partial charge in [-0.3, -0.25) is 29.0 Å². The van der Waals surface area contributed by atoms with Crippen LogP contribution in [0.5, 0.6) is 0 Å². The van der Waals surface area contributed by atoms with E-state index in [1.807, 2.05) is 108 Å². The molecule has 2 saturated heterocycles. The van der Waals surface area contributed by atoms with Gasteiger partial charge in [0.1, 0.15) is 0 Å². The van der Waals surface area contributed by atoms with Gasteiger partial charge >= 0.3 is 0 Å². The van der Waals surface area contributed by atoms with Gasteiger partial charge in [-0.1, -0.05) is 85.0 Å². The molecule has 0 radical (unpaired) electrons. The van der Waals surface area contributed by atoms with Gasteiger partial charge in [0, 0.05) is 97.9 Å². The number of amides is 2. The molecule has 2 aliphatic carbocycles. The third-order valence-electron chi connectivity index (χ3n) is 15.0. The monoisotopic (exact) mass is 866 g/mol. The number of aliphatic hydroxyl groups excluding tert-OH is 2. The van der Waals surface area contributed by atoms with Crippen LogP contribution in [0.2, 0.25) is 0 Å². The van der Waals surface area contributed by atoms with Crippen LogP contribution in [0.1, 0.15) is 98.1 Å². The number of aromatic nitrogens is 2. The van der Waals surface area contributed by atoms with E-state index in [2.05, 4.69) is 44.7 Å². The number of carbonyl (C=O) groups is 2. The van der Waals surface area contributed by atoms with Crippen molar-refractivity contribution in [3.8, 4) is 0 Å². The summed E-state index contributed by atoms with van der Waals surface area (Å²) in [6.07, 6.45) is 13.8. The van der Waals surface area contributed by atoms with E-state index in [1.54, 1.807) is 0 Å². The molecule has 0 spiro atoms. The molecule has 2 saturated carbocycles. The number of aliphatic hydroxyl groups is 2. The maximum absolute atomic E-state index is 13.5. The minimum Gasteiger partial charge on any atom is -0.396 e. The van der Waals surface area contributed by atoms with Gasteiger partial charge in [-0.05, 0) is 87.8 Å². The quantitative estimate of drug-likeness (QED) is 0.148. The van der Waals surface area contributed by atoms with Crippen molar-refractivity contribution in [2.45, 2.75) is 115 Å². The highest BCUT2D eigenvalue weighted by molar-refractivity contribution is 5.82. The Kier molecular flexibility index (Phi) is 13.0. The highest BCUT2D eigenvalue weighted by Crippen LogP contribution is 2.50. The standard InChI is InChI=1S/2C26H31N3O3/c2*1-2-7-18-12-13-21-24-23(25(31)27-19-10-6-11-19)20(16-30)22(15-29(21)26(18)32)28(24)14-17-8-4-3-5-9-17/h2*2-5,7-9,12-13,19-20,22-24,30H,6,10-11,14-16H2,1H3,(H,27,31)/b7-2+;7-2-/t2*20-,22-,23+,24+/m00/s1. The molecule has 336 valence electrons. The van der Waals surface area contributed by atoms with Crippen LogP contribution >= 0.6 is 0 Å². The average Bonchev–Trinajstić information content (AvgIpc) is 3.61. The maximum Gasteiger partial charge on any atom is 0.258 e. The molecule has 64 heavy (non-hydrogen) atoms. The molecule has 0 unspecified atom stereocenters. The molecule has 4 N–H and O–H groups in total. The number of benzene rings is 2. The van der Waals surface area contributed by atoms with Crippen molar-refractivity contribution in [3.05, 3.63) is 151 Å². The normalized spacial score (nSPS) is 27.3. The summed E-state index contributed by atoms with van der Waals surface area (Å²) in [6.45, 7) is 6.01. The van der Waals surface area contributed by atoms with Crippen LogP contribution in [-0.4, -0.2) is 78.3 Å². The number of hydrogen-bond acceptors (Lipinski definition) is 8. The number of pyridine rings is 2. The smallest absolute Gasteiger partial charge is 0.258 e. The fourth-order valence-electron chi connectivity index (χ4n) is 11.4. The third kappa shape index (κ3) is 8.14. The van der Waals surface area contributed by atoms with Gasteiger partial charge in [0.25, 0.3) is 11.1 Å². The minimum absolute atomic E-state index is 0.0118. The number of carbonyl (C=O) groups excluding carboxylic acids is 2. The summed E-state index contributed by atoms with van der Waals surface area (Å²) in [5.41, 5.74) is 5.35. The van der Waals surface area contributed by atoms with Crippen molar-refractivity contribution < 1.29 is 19.8 Å². The Labute approximate surface area is 375 Å². The lowest BCUT2D eigenvalue weighted by atomic mass is 9.85. The minimum atomic E-state index is -0.380. The van der Waals surface area contributed by atoms with Gasteiger partial charge in [0.05, 0.1) is 23.9 Å². The molecule has 4 aromatic rings. The molecule has 2 amide bonds. The van der Waals surface area contributed by atoms with E-state index < -0.39 is 0 Å². The number of hydrogen-bond donors (Lipinski definition) is 4. The van der Waals surface area contributed by atoms with Gasteiger partial charge in [0.2, 0.25) is 11.8 Å². The van der Waals surface area contributed by atoms with E-state index in [1.165, 1.54) is 11.1 Å². The molecular weight excluding hydrogens is 805 g/mol. The van der Waals surface area contributed by atoms with Crippen LogP contribution in [0.25, 0.3) is 12.2 Å². The first kappa shape index (κ1) is 43.8. The highest BCUT2D eigenvalue weighted by atomic mass is 16.3. The summed E-state index contributed by atoms with van der Waals surface area (Å²) in [5.74, 6) is -1.16. The van der Waals surface area contributed by atoms with Crippen LogP contribution < -0.4 is 21.8 Å². The summed E-state index contributed by atoms with van der Waals surface area (Å²) in [4.78, 5) is 58.1. The Balaban J connectivity index is 0.000000162. The maximum atomic E-state index is 13.5. The molecule has 2 aromatic carbocycles. The average molecular weight is 867 g/mol. The fraction of sp³-hybridized carbons (Fsp3) is 0.462. The zero-order valence-electron chi connectivity index (χ0n) is 37.0. The van der Waals surface area contributed by atoms with Crippen molar-refractivity contribution >= 4 is 24.0 Å². The molecule has 12 heteroatoms. The number of rotatable bonds is 12. The Hall–Kier alpha value is -5.40. The van der Waals surface area contributed by atoms with Gasteiger partial charge in [-0.25, -0.2) is 0 Å². The first-order valence-corrected chi connectivity index (χ1v) is 23.4. The van der Waals surface area contributed by atoms with Crippen molar-refractivity contribution in [2.24, 2.45) is 23.7 Å². The van der Waals surface area contributed by atoms with Crippen molar-refractivity contribution in [1.82, 2.24) is 29.6 Å². The van der Waals surface area contributed by atoms with E-state index in [0.29, 0.717) is 37.3 Å². The van der Waals surface area contributed by atoms with Crippen LogP contribution in [0.4, 0.5) is 0 Å². The fourth-order valence-corrected chi connectivity index (χ4v) is 11.4. The van der Waals surface area contributed by atoms with Gasteiger partial charge in [-0.2, -0.15) is 0 Å². The molecule has 4 aliphatic heterocycles. The van der Waals surface area contributed by atoms with E-state index in [9.17, 15) is 29.4 Å². The van der Waals surface area contributed by atoms with Gasteiger partial charge in [-0.15, -0.1) is 0 Å². The lowest BCUT2D eigenvalue weighted by Gasteiger charge is -2.38. The molecule has 12 nitrogen and oxygen atoms in total. The molecule has 4 fully saturated rings. The van der Waals surface area contributed by atoms with Gasteiger partial charge < -0.3 is 30.0 Å². The molecule has 10 rings (SSSR count). The molecular formula is C52H62N6O6. The lowest BCUT2D eigenvalue weighted by Crippen LogP contribution is -2.47. The second kappa shape index (κ2) is 19.0. The molecule has 8 atom stereocenters. The second-order valence-electron chi connectivity index (χ2n) is 18.6. The van der Waals surface area contributed by atoms with Gasteiger partial charge in [0.15, 0.2) is 0 Å². The summed E-state index contributed by atoms with van der Waals surface area (Å²) in [6, 6.07) is 28.0. The predicted octanol–water partition coefficient (Wildman–Crippen LogP) is 5.43. The highest BCUT2D eigenvalue weighted by Gasteiger charge is 2.57. The summed E-state index contributed by atoms with van der Waals surface area (Å²) >= 11 is 0. The Morgan fingerprint density at radius 2 is 0.984 bits per heavy atom. The number of nitrogens with one attached hydrogen (secondary N) is 2. The summed E-state index contributed by atoms with van der Waals surface area (Å²) in [5, 5.41) is 27.2. The molecule has 6 heterocycles. The van der Waals surface area contributed by atoms with Crippen LogP contribution in [0.3, 0.4) is 0 Å². The van der Waals surface area contributed by atoms with Crippen molar-refractivity contribution in [3.63, 3.8) is 0 Å². The zero-order chi connectivity index (χ0) is 44.5. The number of nitrogens with zero attached hydrogens (tertiary/aromatic N) is 4. The SMILES string of the molecule is C/C=C/c1ccc2n(c1=O)C[C@H]1[C@H](CO)[C@@H](C(=O)NC3CCC3)[C@@H]2N1Cc1ccccc1.C/C=C\c1ccc2n(c1=O)C[C@H]1[C@H](CO)[C@@H](C(=O)NC3CCC3)[C@@H]2N1Cc1ccccc1. The second-order valence-corrected chi connectivity index (χ2v) is 18.6. The Morgan fingerprint density at radius 1 is 0.594 bits per heavy atom. The van der Waals surface area contributed by atoms with E-state index >= 15 is 0 Å². The topological polar surface area (TPSA) is 149 Å². The Morgan fingerprint density at radius 3 is 1.31 bits per heavy atom. The summed E-state index contributed by atoms with van der Waals surface area (Å²) < 4.78 is 3.68. The van der Waals surface area contributed by atoms with E-state index in [4.69, 9.17) is 0 Å². The van der Waals surface area contributed by atoms with Crippen LogP contribution in [0, 0.1) is 23.7 Å².